The van der Waals surface area contributed by atoms with E-state index in [9.17, 15) is 22.0 Å². The van der Waals surface area contributed by atoms with E-state index in [1.54, 1.807) is 4.72 Å². The Labute approximate surface area is 96.1 Å². The molecule has 0 saturated heterocycles. The van der Waals surface area contributed by atoms with Gasteiger partial charge in [0.2, 0.25) is 10.0 Å². The highest BCUT2D eigenvalue weighted by atomic mass is 32.2. The van der Waals surface area contributed by atoms with Gasteiger partial charge < -0.3 is 5.11 Å². The van der Waals surface area contributed by atoms with Gasteiger partial charge in [-0.25, -0.2) is 17.2 Å². The zero-order chi connectivity index (χ0) is 13.2. The quantitative estimate of drug-likeness (QED) is 0.840. The lowest BCUT2D eigenvalue weighted by Crippen LogP contribution is -2.38. The molecule has 0 aromatic heterocycles. The van der Waals surface area contributed by atoms with Crippen LogP contribution in [0.1, 0.15) is 6.92 Å². The molecule has 0 bridgehead atoms. The number of carboxylic acid groups (broad SMARTS) is 1. The lowest BCUT2D eigenvalue weighted by molar-refractivity contribution is -0.138. The number of benzene rings is 1. The molecule has 0 heterocycles. The van der Waals surface area contributed by atoms with Crippen molar-refractivity contribution in [2.45, 2.75) is 17.9 Å². The van der Waals surface area contributed by atoms with Crippen LogP contribution in [0, 0.1) is 11.6 Å². The molecule has 0 fully saturated rings. The van der Waals surface area contributed by atoms with Crippen molar-refractivity contribution >= 4 is 16.0 Å². The van der Waals surface area contributed by atoms with E-state index in [0.29, 0.717) is 12.1 Å². The van der Waals surface area contributed by atoms with E-state index in [-0.39, 0.29) is 0 Å². The first kappa shape index (κ1) is 13.5. The van der Waals surface area contributed by atoms with Gasteiger partial charge in [-0.1, -0.05) is 0 Å². The second-order valence-electron chi connectivity index (χ2n) is 3.26. The molecule has 0 spiro atoms. The molecule has 0 saturated carbocycles. The molecule has 1 aromatic rings. The smallest absolute Gasteiger partial charge is 0.321 e. The largest absolute Gasteiger partial charge is 0.480 e. The van der Waals surface area contributed by atoms with Crippen LogP contribution in [0.5, 0.6) is 0 Å². The number of carboxylic acids is 1. The summed E-state index contributed by atoms with van der Waals surface area (Å²) in [5.74, 6) is -3.89. The van der Waals surface area contributed by atoms with Gasteiger partial charge in [-0.05, 0) is 25.1 Å². The summed E-state index contributed by atoms with van der Waals surface area (Å²) >= 11 is 0. The molecule has 0 unspecified atom stereocenters. The van der Waals surface area contributed by atoms with Crippen LogP contribution in [0.15, 0.2) is 23.1 Å². The highest BCUT2D eigenvalue weighted by molar-refractivity contribution is 7.89. The molecule has 8 heteroatoms. The van der Waals surface area contributed by atoms with E-state index in [2.05, 4.69) is 0 Å². The summed E-state index contributed by atoms with van der Waals surface area (Å²) in [4.78, 5) is 9.93. The molecule has 5 nitrogen and oxygen atoms in total. The number of sulfonamides is 1. The van der Waals surface area contributed by atoms with Gasteiger partial charge in [-0.15, -0.1) is 0 Å². The first-order chi connectivity index (χ1) is 7.74. The summed E-state index contributed by atoms with van der Waals surface area (Å²) in [6.07, 6.45) is 0. The summed E-state index contributed by atoms with van der Waals surface area (Å²) in [6, 6.07) is 0.602. The third-order valence-corrected chi connectivity index (χ3v) is 3.44. The second-order valence-corrected chi connectivity index (χ2v) is 4.97. The van der Waals surface area contributed by atoms with Gasteiger partial charge in [-0.3, -0.25) is 4.79 Å². The highest BCUT2D eigenvalue weighted by Crippen LogP contribution is 2.13. The summed E-state index contributed by atoms with van der Waals surface area (Å²) in [6.45, 7) is 1.11. The van der Waals surface area contributed by atoms with Crippen molar-refractivity contribution in [2.24, 2.45) is 0 Å². The fourth-order valence-electron chi connectivity index (χ4n) is 0.995. The van der Waals surface area contributed by atoms with E-state index in [4.69, 9.17) is 5.11 Å². The van der Waals surface area contributed by atoms with E-state index >= 15 is 0 Å². The van der Waals surface area contributed by atoms with Crippen LogP contribution < -0.4 is 4.72 Å². The lowest BCUT2D eigenvalue weighted by atomic mass is 10.3. The van der Waals surface area contributed by atoms with Gasteiger partial charge in [0.25, 0.3) is 0 Å². The lowest BCUT2D eigenvalue weighted by Gasteiger charge is -2.10. The van der Waals surface area contributed by atoms with Crippen molar-refractivity contribution in [3.05, 3.63) is 29.8 Å². The summed E-state index contributed by atoms with van der Waals surface area (Å²) in [5, 5.41) is 8.53. The molecule has 0 aliphatic rings. The molecular weight excluding hydrogens is 256 g/mol. The average Bonchev–Trinajstić information content (AvgIpc) is 2.21. The van der Waals surface area contributed by atoms with Crippen LogP contribution in [-0.2, 0) is 14.8 Å². The predicted molar refractivity (Wildman–Crippen MR) is 53.8 cm³/mol. The minimum atomic E-state index is -4.18. The molecule has 0 amide bonds. The van der Waals surface area contributed by atoms with Crippen LogP contribution in [-0.4, -0.2) is 25.5 Å². The Morgan fingerprint density at radius 1 is 1.35 bits per heavy atom. The maximum absolute atomic E-state index is 12.8. The predicted octanol–water partition coefficient (Wildman–Crippen LogP) is 0.716. The van der Waals surface area contributed by atoms with Crippen LogP contribution in [0.4, 0.5) is 8.78 Å². The fraction of sp³-hybridized carbons (Fsp3) is 0.222. The summed E-state index contributed by atoms with van der Waals surface area (Å²) < 4.78 is 50.3. The van der Waals surface area contributed by atoms with Crippen molar-refractivity contribution in [1.29, 1.82) is 0 Å². The molecule has 0 aliphatic heterocycles. The second kappa shape index (κ2) is 4.76. The van der Waals surface area contributed by atoms with Crippen molar-refractivity contribution in [1.82, 2.24) is 4.72 Å². The third-order valence-electron chi connectivity index (χ3n) is 1.90. The number of nitrogens with one attached hydrogen (secondary N) is 1. The number of rotatable bonds is 4. The molecular formula is C9H9F2NO4S. The molecule has 0 radical (unpaired) electrons. The molecule has 1 atom stereocenters. The minimum absolute atomic E-state index is 0.478. The summed E-state index contributed by atoms with van der Waals surface area (Å²) in [7, 11) is -4.18. The Morgan fingerprint density at radius 2 is 1.94 bits per heavy atom. The van der Waals surface area contributed by atoms with Crippen LogP contribution in [0.25, 0.3) is 0 Å². The molecule has 1 rings (SSSR count). The topological polar surface area (TPSA) is 83.5 Å². The Morgan fingerprint density at radius 3 is 2.41 bits per heavy atom. The number of hydrogen-bond acceptors (Lipinski definition) is 3. The monoisotopic (exact) mass is 265 g/mol. The van der Waals surface area contributed by atoms with E-state index in [0.717, 1.165) is 13.0 Å². The highest BCUT2D eigenvalue weighted by Gasteiger charge is 2.22. The van der Waals surface area contributed by atoms with Crippen molar-refractivity contribution in [3.63, 3.8) is 0 Å². The minimum Gasteiger partial charge on any atom is -0.480 e. The van der Waals surface area contributed by atoms with Gasteiger partial charge in [-0.2, -0.15) is 4.72 Å². The SMILES string of the molecule is C[C@@H](NS(=O)(=O)c1ccc(F)c(F)c1)C(=O)O. The Balaban J connectivity index is 3.05. The van der Waals surface area contributed by atoms with Crippen LogP contribution in [0.2, 0.25) is 0 Å². The van der Waals surface area contributed by atoms with Gasteiger partial charge in [0.1, 0.15) is 6.04 Å². The van der Waals surface area contributed by atoms with Gasteiger partial charge in [0, 0.05) is 0 Å². The Bertz CT molecular complexity index is 544. The molecule has 94 valence electrons. The van der Waals surface area contributed by atoms with Crippen LogP contribution in [0.3, 0.4) is 0 Å². The third kappa shape index (κ3) is 3.21. The summed E-state index contributed by atoms with van der Waals surface area (Å²) in [5.41, 5.74) is 0. The standard InChI is InChI=1S/C9H9F2NO4S/c1-5(9(13)14)12-17(15,16)6-2-3-7(10)8(11)4-6/h2-5,12H,1H3,(H,13,14)/t5-/m1/s1. The molecule has 17 heavy (non-hydrogen) atoms. The number of aliphatic carboxylic acids is 1. The van der Waals surface area contributed by atoms with Gasteiger partial charge in [0.05, 0.1) is 4.90 Å². The molecule has 1 aromatic carbocycles. The molecule has 2 N–H and O–H groups in total. The average molecular weight is 265 g/mol. The van der Waals surface area contributed by atoms with Crippen LogP contribution >= 0.6 is 0 Å². The first-order valence-corrected chi connectivity index (χ1v) is 5.92. The van der Waals surface area contributed by atoms with Gasteiger partial charge >= 0.3 is 5.97 Å². The number of carbonyl (C=O) groups is 1. The number of halogens is 2. The Hall–Kier alpha value is -1.54. The van der Waals surface area contributed by atoms with E-state index < -0.39 is 38.6 Å². The number of hydrogen-bond donors (Lipinski definition) is 2. The van der Waals surface area contributed by atoms with E-state index in [1.807, 2.05) is 0 Å². The molecule has 0 aliphatic carbocycles. The van der Waals surface area contributed by atoms with Crippen molar-refractivity contribution in [2.75, 3.05) is 0 Å². The first-order valence-electron chi connectivity index (χ1n) is 4.44. The van der Waals surface area contributed by atoms with Crippen molar-refractivity contribution < 1.29 is 27.1 Å². The normalized spacial score (nSPS) is 13.4. The zero-order valence-corrected chi connectivity index (χ0v) is 9.46. The van der Waals surface area contributed by atoms with Crippen molar-refractivity contribution in [3.8, 4) is 0 Å². The fourth-order valence-corrected chi connectivity index (χ4v) is 2.20. The maximum atomic E-state index is 12.8. The van der Waals surface area contributed by atoms with Gasteiger partial charge in [0.15, 0.2) is 11.6 Å². The Kier molecular flexibility index (Phi) is 3.79. The zero-order valence-electron chi connectivity index (χ0n) is 8.65. The maximum Gasteiger partial charge on any atom is 0.321 e. The van der Waals surface area contributed by atoms with E-state index in [1.165, 1.54) is 0 Å².